The van der Waals surface area contributed by atoms with Gasteiger partial charge >= 0.3 is 0 Å². The van der Waals surface area contributed by atoms with E-state index in [1.165, 1.54) is 0 Å². The van der Waals surface area contributed by atoms with Gasteiger partial charge in [0.05, 0.1) is 0 Å². The number of carbonyl (C=O) groups excluding carboxylic acids is 1. The minimum Gasteiger partial charge on any atom is -0.489 e. The minimum absolute atomic E-state index is 0.0668. The third kappa shape index (κ3) is 4.09. The Morgan fingerprint density at radius 2 is 1.75 bits per heavy atom. The van der Waals surface area contributed by atoms with Crippen molar-refractivity contribution in [3.05, 3.63) is 89.5 Å². The maximum Gasteiger partial charge on any atom is 0.254 e. The summed E-state index contributed by atoms with van der Waals surface area (Å²) in [6.07, 6.45) is 0. The zero-order chi connectivity index (χ0) is 19.3. The fraction of sp³-hybridized carbons (Fsp3) is 0.174. The van der Waals surface area contributed by atoms with Crippen molar-refractivity contribution in [2.75, 3.05) is 13.8 Å². The summed E-state index contributed by atoms with van der Waals surface area (Å²) in [6, 6.07) is 22.9. The number of hydrogen-bond donors (Lipinski definition) is 0. The molecular formula is C23H21NO4. The van der Waals surface area contributed by atoms with Crippen LogP contribution in [0.15, 0.2) is 72.8 Å². The largest absolute Gasteiger partial charge is 0.489 e. The van der Waals surface area contributed by atoms with Gasteiger partial charge in [0, 0.05) is 19.2 Å². The van der Waals surface area contributed by atoms with Gasteiger partial charge in [0.2, 0.25) is 6.79 Å². The first-order chi connectivity index (χ1) is 13.7. The Labute approximate surface area is 164 Å². The summed E-state index contributed by atoms with van der Waals surface area (Å²) < 4.78 is 16.6. The van der Waals surface area contributed by atoms with E-state index in [0.29, 0.717) is 24.5 Å². The van der Waals surface area contributed by atoms with Gasteiger partial charge < -0.3 is 19.1 Å². The predicted molar refractivity (Wildman–Crippen MR) is 106 cm³/mol. The van der Waals surface area contributed by atoms with E-state index in [-0.39, 0.29) is 12.7 Å². The molecule has 0 aliphatic carbocycles. The molecule has 0 radical (unpaired) electrons. The lowest BCUT2D eigenvalue weighted by Gasteiger charge is -2.18. The second-order valence-electron chi connectivity index (χ2n) is 6.65. The predicted octanol–water partition coefficient (Wildman–Crippen LogP) is 4.27. The zero-order valence-electron chi connectivity index (χ0n) is 15.6. The van der Waals surface area contributed by atoms with Crippen molar-refractivity contribution in [1.29, 1.82) is 0 Å². The second kappa shape index (κ2) is 8.05. The van der Waals surface area contributed by atoms with Gasteiger partial charge in [0.15, 0.2) is 11.5 Å². The first-order valence-corrected chi connectivity index (χ1v) is 9.10. The molecule has 1 amide bonds. The number of nitrogens with zero attached hydrogens (tertiary/aromatic N) is 1. The molecule has 5 heteroatoms. The van der Waals surface area contributed by atoms with E-state index in [0.717, 1.165) is 22.6 Å². The van der Waals surface area contributed by atoms with Gasteiger partial charge in [-0.05, 0) is 41.5 Å². The molecule has 3 aromatic carbocycles. The SMILES string of the molecule is CN(Cc1ccc2c(c1)OCO2)C(=O)c1cccc(OCc2ccccc2)c1. The summed E-state index contributed by atoms with van der Waals surface area (Å²) in [5, 5.41) is 0. The van der Waals surface area contributed by atoms with Crippen molar-refractivity contribution >= 4 is 5.91 Å². The smallest absolute Gasteiger partial charge is 0.254 e. The quantitative estimate of drug-likeness (QED) is 0.646. The summed E-state index contributed by atoms with van der Waals surface area (Å²) in [7, 11) is 1.78. The number of fused-ring (bicyclic) bond motifs is 1. The van der Waals surface area contributed by atoms with Crippen molar-refractivity contribution in [2.45, 2.75) is 13.2 Å². The van der Waals surface area contributed by atoms with Crippen LogP contribution in [0.1, 0.15) is 21.5 Å². The summed E-state index contributed by atoms with van der Waals surface area (Å²) in [5.74, 6) is 2.06. The molecule has 0 spiro atoms. The van der Waals surface area contributed by atoms with Crippen LogP contribution in [0.2, 0.25) is 0 Å². The maximum absolute atomic E-state index is 12.8. The van der Waals surface area contributed by atoms with Gasteiger partial charge in [-0.25, -0.2) is 0 Å². The summed E-state index contributed by atoms with van der Waals surface area (Å²) in [6.45, 7) is 1.18. The highest BCUT2D eigenvalue weighted by Gasteiger charge is 2.16. The highest BCUT2D eigenvalue weighted by atomic mass is 16.7. The van der Waals surface area contributed by atoms with E-state index in [9.17, 15) is 4.79 Å². The number of ether oxygens (including phenoxy) is 3. The fourth-order valence-electron chi connectivity index (χ4n) is 3.07. The van der Waals surface area contributed by atoms with Gasteiger partial charge in [-0.15, -0.1) is 0 Å². The Morgan fingerprint density at radius 1 is 0.929 bits per heavy atom. The minimum atomic E-state index is -0.0668. The average molecular weight is 375 g/mol. The molecule has 0 fully saturated rings. The van der Waals surface area contributed by atoms with Gasteiger partial charge in [-0.1, -0.05) is 42.5 Å². The van der Waals surface area contributed by atoms with Crippen LogP contribution >= 0.6 is 0 Å². The van der Waals surface area contributed by atoms with E-state index < -0.39 is 0 Å². The molecule has 0 N–H and O–H groups in total. The van der Waals surface area contributed by atoms with Crippen LogP contribution in [0.25, 0.3) is 0 Å². The molecule has 0 aromatic heterocycles. The molecule has 0 unspecified atom stereocenters. The van der Waals surface area contributed by atoms with Crippen LogP contribution in [-0.2, 0) is 13.2 Å². The molecule has 1 aliphatic rings. The Bertz CT molecular complexity index is 971. The standard InChI is InChI=1S/C23H21NO4/c1-24(14-18-10-11-21-22(12-18)28-16-27-21)23(25)19-8-5-9-20(13-19)26-15-17-6-3-2-4-7-17/h2-13H,14-16H2,1H3. The molecule has 0 saturated heterocycles. The van der Waals surface area contributed by atoms with Gasteiger partial charge in [0.25, 0.3) is 5.91 Å². The third-order valence-electron chi connectivity index (χ3n) is 4.53. The number of carbonyl (C=O) groups is 1. The van der Waals surface area contributed by atoms with E-state index in [1.54, 1.807) is 24.1 Å². The van der Waals surface area contributed by atoms with Crippen LogP contribution < -0.4 is 14.2 Å². The van der Waals surface area contributed by atoms with Crippen molar-refractivity contribution in [3.63, 3.8) is 0 Å². The second-order valence-corrected chi connectivity index (χ2v) is 6.65. The average Bonchev–Trinajstić information content (AvgIpc) is 3.20. The lowest BCUT2D eigenvalue weighted by molar-refractivity contribution is 0.0784. The molecule has 4 rings (SSSR count). The number of rotatable bonds is 6. The van der Waals surface area contributed by atoms with Gasteiger partial charge in [0.1, 0.15) is 12.4 Å². The highest BCUT2D eigenvalue weighted by Crippen LogP contribution is 2.32. The molecular weight excluding hydrogens is 354 g/mol. The first kappa shape index (κ1) is 17.9. The third-order valence-corrected chi connectivity index (χ3v) is 4.53. The van der Waals surface area contributed by atoms with E-state index in [2.05, 4.69) is 0 Å². The van der Waals surface area contributed by atoms with Crippen molar-refractivity contribution in [2.24, 2.45) is 0 Å². The molecule has 0 bridgehead atoms. The highest BCUT2D eigenvalue weighted by molar-refractivity contribution is 5.94. The summed E-state index contributed by atoms with van der Waals surface area (Å²) in [4.78, 5) is 14.5. The Hall–Kier alpha value is -3.47. The normalized spacial score (nSPS) is 11.9. The molecule has 1 heterocycles. The Balaban J connectivity index is 1.41. The van der Waals surface area contributed by atoms with Crippen LogP contribution in [0.3, 0.4) is 0 Å². The molecule has 0 saturated carbocycles. The van der Waals surface area contributed by atoms with Crippen LogP contribution in [-0.4, -0.2) is 24.6 Å². The topological polar surface area (TPSA) is 48.0 Å². The summed E-state index contributed by atoms with van der Waals surface area (Å²) in [5.41, 5.74) is 2.66. The zero-order valence-corrected chi connectivity index (χ0v) is 15.6. The number of benzene rings is 3. The molecule has 3 aromatic rings. The fourth-order valence-corrected chi connectivity index (χ4v) is 3.07. The van der Waals surface area contributed by atoms with E-state index in [1.807, 2.05) is 60.7 Å². The molecule has 142 valence electrons. The van der Waals surface area contributed by atoms with Crippen LogP contribution in [0.4, 0.5) is 0 Å². The molecule has 5 nitrogen and oxygen atoms in total. The first-order valence-electron chi connectivity index (χ1n) is 9.10. The Kier molecular flexibility index (Phi) is 5.15. The van der Waals surface area contributed by atoms with E-state index >= 15 is 0 Å². The van der Waals surface area contributed by atoms with Gasteiger partial charge in [-0.3, -0.25) is 4.79 Å². The van der Waals surface area contributed by atoms with Crippen molar-refractivity contribution < 1.29 is 19.0 Å². The monoisotopic (exact) mass is 375 g/mol. The molecule has 1 aliphatic heterocycles. The number of amides is 1. The summed E-state index contributed by atoms with van der Waals surface area (Å²) >= 11 is 0. The Morgan fingerprint density at radius 3 is 2.61 bits per heavy atom. The molecule has 0 atom stereocenters. The van der Waals surface area contributed by atoms with Crippen LogP contribution in [0.5, 0.6) is 17.2 Å². The molecule has 28 heavy (non-hydrogen) atoms. The lowest BCUT2D eigenvalue weighted by Crippen LogP contribution is -2.26. The van der Waals surface area contributed by atoms with Gasteiger partial charge in [-0.2, -0.15) is 0 Å². The number of hydrogen-bond acceptors (Lipinski definition) is 4. The maximum atomic E-state index is 12.8. The van der Waals surface area contributed by atoms with Crippen molar-refractivity contribution in [1.82, 2.24) is 4.90 Å². The van der Waals surface area contributed by atoms with Crippen molar-refractivity contribution in [3.8, 4) is 17.2 Å². The van der Waals surface area contributed by atoms with E-state index in [4.69, 9.17) is 14.2 Å². The van der Waals surface area contributed by atoms with Crippen LogP contribution in [0, 0.1) is 0 Å². The lowest BCUT2D eigenvalue weighted by atomic mass is 10.1.